The summed E-state index contributed by atoms with van der Waals surface area (Å²) in [4.78, 5) is 11.5. The zero-order valence-corrected chi connectivity index (χ0v) is 14.1. The maximum Gasteiger partial charge on any atom is 0.422 e. The first-order valence-electron chi connectivity index (χ1n) is 7.60. The van der Waals surface area contributed by atoms with Gasteiger partial charge in [-0.2, -0.15) is 5.10 Å². The number of hydrazine groups is 1. The summed E-state index contributed by atoms with van der Waals surface area (Å²) in [6.07, 6.45) is 3.38. The molecule has 1 amide bonds. The summed E-state index contributed by atoms with van der Waals surface area (Å²) in [5.41, 5.74) is 8.27. The number of ether oxygens (including phenoxy) is 1. The lowest BCUT2D eigenvalue weighted by atomic mass is 10.1. The van der Waals surface area contributed by atoms with Gasteiger partial charge in [-0.3, -0.25) is 10.1 Å². The van der Waals surface area contributed by atoms with Crippen LogP contribution in [0.5, 0.6) is 0 Å². The van der Waals surface area contributed by atoms with Crippen molar-refractivity contribution in [3.8, 4) is 0 Å². The molecular formula is C17H24N4O2. The molecule has 0 bridgehead atoms. The normalized spacial score (nSPS) is 11.3. The van der Waals surface area contributed by atoms with E-state index in [2.05, 4.69) is 28.1 Å². The highest BCUT2D eigenvalue weighted by Crippen LogP contribution is 2.08. The number of nitrogens with one attached hydrogen (secondary N) is 2. The van der Waals surface area contributed by atoms with E-state index in [-0.39, 0.29) is 0 Å². The molecule has 6 heteroatoms. The van der Waals surface area contributed by atoms with Gasteiger partial charge in [-0.05, 0) is 44.4 Å². The van der Waals surface area contributed by atoms with Crippen LogP contribution in [-0.2, 0) is 17.8 Å². The lowest BCUT2D eigenvalue weighted by molar-refractivity contribution is 0.0497. The van der Waals surface area contributed by atoms with Crippen molar-refractivity contribution in [2.45, 2.75) is 46.4 Å². The highest BCUT2D eigenvalue weighted by Gasteiger charge is 2.15. The molecule has 1 heterocycles. The molecule has 124 valence electrons. The van der Waals surface area contributed by atoms with Gasteiger partial charge in [0.05, 0.1) is 12.7 Å². The second kappa shape index (κ2) is 7.28. The number of rotatable bonds is 5. The molecule has 0 saturated carbocycles. The third-order valence-electron chi connectivity index (χ3n) is 3.01. The Morgan fingerprint density at radius 1 is 1.22 bits per heavy atom. The monoisotopic (exact) mass is 316 g/mol. The van der Waals surface area contributed by atoms with Crippen molar-refractivity contribution in [3.63, 3.8) is 0 Å². The summed E-state index contributed by atoms with van der Waals surface area (Å²) in [5, 5.41) is 4.27. The highest BCUT2D eigenvalue weighted by atomic mass is 16.6. The zero-order valence-electron chi connectivity index (χ0n) is 14.1. The van der Waals surface area contributed by atoms with Crippen LogP contribution >= 0.6 is 0 Å². The van der Waals surface area contributed by atoms with E-state index in [0.29, 0.717) is 6.54 Å². The van der Waals surface area contributed by atoms with Crippen LogP contribution < -0.4 is 10.9 Å². The minimum absolute atomic E-state index is 0.483. The van der Waals surface area contributed by atoms with Gasteiger partial charge >= 0.3 is 6.09 Å². The maximum absolute atomic E-state index is 11.5. The van der Waals surface area contributed by atoms with Gasteiger partial charge in [-0.25, -0.2) is 10.2 Å². The first kappa shape index (κ1) is 17.0. The summed E-state index contributed by atoms with van der Waals surface area (Å²) in [6.45, 7) is 8.78. The minimum Gasteiger partial charge on any atom is -0.443 e. The fourth-order valence-electron chi connectivity index (χ4n) is 2.03. The van der Waals surface area contributed by atoms with E-state index in [1.165, 1.54) is 5.56 Å². The summed E-state index contributed by atoms with van der Waals surface area (Å²) in [6, 6.07) is 8.16. The van der Waals surface area contributed by atoms with Gasteiger partial charge in [0.25, 0.3) is 0 Å². The molecule has 0 aliphatic carbocycles. The fraction of sp³-hybridized carbons (Fsp3) is 0.412. The minimum atomic E-state index is -0.502. The van der Waals surface area contributed by atoms with Gasteiger partial charge in [0, 0.05) is 12.7 Å². The van der Waals surface area contributed by atoms with Crippen molar-refractivity contribution in [2.75, 3.05) is 0 Å². The van der Waals surface area contributed by atoms with E-state index in [9.17, 15) is 4.79 Å². The fourth-order valence-corrected chi connectivity index (χ4v) is 2.03. The largest absolute Gasteiger partial charge is 0.443 e. The Bertz CT molecular complexity index is 641. The van der Waals surface area contributed by atoms with Crippen LogP contribution in [0.2, 0.25) is 0 Å². The molecule has 1 aromatic carbocycles. The molecule has 1 aromatic heterocycles. The Labute approximate surface area is 136 Å². The Morgan fingerprint density at radius 3 is 2.43 bits per heavy atom. The van der Waals surface area contributed by atoms with Gasteiger partial charge in [0.15, 0.2) is 0 Å². The van der Waals surface area contributed by atoms with E-state index in [1.807, 2.05) is 56.9 Å². The first-order chi connectivity index (χ1) is 10.8. The highest BCUT2D eigenvalue weighted by molar-refractivity contribution is 5.66. The third-order valence-corrected chi connectivity index (χ3v) is 3.01. The second-order valence-electron chi connectivity index (χ2n) is 6.51. The van der Waals surface area contributed by atoms with Crippen molar-refractivity contribution >= 4 is 6.09 Å². The van der Waals surface area contributed by atoms with Crippen molar-refractivity contribution < 1.29 is 9.53 Å². The molecule has 2 rings (SSSR count). The van der Waals surface area contributed by atoms with Gasteiger partial charge in [-0.15, -0.1) is 0 Å². The number of benzene rings is 1. The van der Waals surface area contributed by atoms with Crippen molar-refractivity contribution in [1.29, 1.82) is 0 Å². The Balaban J connectivity index is 1.78. The number of hydrogen-bond donors (Lipinski definition) is 2. The molecule has 0 unspecified atom stereocenters. The average Bonchev–Trinajstić information content (AvgIpc) is 2.84. The Morgan fingerprint density at radius 2 is 1.87 bits per heavy atom. The van der Waals surface area contributed by atoms with Crippen molar-refractivity contribution in [3.05, 3.63) is 53.3 Å². The summed E-state index contributed by atoms with van der Waals surface area (Å²) in [7, 11) is 0. The molecule has 0 aliphatic rings. The lowest BCUT2D eigenvalue weighted by Gasteiger charge is -2.19. The number of nitrogens with zero attached hydrogens (tertiary/aromatic N) is 2. The van der Waals surface area contributed by atoms with Crippen LogP contribution in [0.3, 0.4) is 0 Å². The van der Waals surface area contributed by atoms with Crippen LogP contribution in [0.4, 0.5) is 4.79 Å². The van der Waals surface area contributed by atoms with Gasteiger partial charge in [0.1, 0.15) is 5.60 Å². The van der Waals surface area contributed by atoms with Crippen LogP contribution in [0.15, 0.2) is 36.7 Å². The molecule has 0 spiro atoms. The number of aryl methyl sites for hydroxylation is 1. The molecule has 23 heavy (non-hydrogen) atoms. The Kier molecular flexibility index (Phi) is 5.39. The standard InChI is InChI=1S/C17H24N4O2/c1-13-9-19-21(11-13)12-15-7-5-14(6-8-15)10-18-20-16(22)23-17(2,3)4/h5-9,11,18H,10,12H2,1-4H3,(H,20,22). The third kappa shape index (κ3) is 6.12. The maximum atomic E-state index is 11.5. The molecular weight excluding hydrogens is 292 g/mol. The van der Waals surface area contributed by atoms with Crippen LogP contribution in [0.25, 0.3) is 0 Å². The number of carbonyl (C=O) groups is 1. The number of aromatic nitrogens is 2. The summed E-state index contributed by atoms with van der Waals surface area (Å²) >= 11 is 0. The predicted octanol–water partition coefficient (Wildman–Crippen LogP) is 2.77. The molecule has 0 saturated heterocycles. The topological polar surface area (TPSA) is 68.2 Å². The average molecular weight is 316 g/mol. The second-order valence-corrected chi connectivity index (χ2v) is 6.51. The lowest BCUT2D eigenvalue weighted by Crippen LogP contribution is -2.40. The molecule has 0 radical (unpaired) electrons. The zero-order chi connectivity index (χ0) is 16.9. The number of hydrogen-bond acceptors (Lipinski definition) is 4. The van der Waals surface area contributed by atoms with E-state index < -0.39 is 11.7 Å². The molecule has 0 fully saturated rings. The van der Waals surface area contributed by atoms with Crippen molar-refractivity contribution in [2.24, 2.45) is 0 Å². The van der Waals surface area contributed by atoms with Crippen LogP contribution in [-0.4, -0.2) is 21.5 Å². The first-order valence-corrected chi connectivity index (χ1v) is 7.60. The van der Waals surface area contributed by atoms with Gasteiger partial charge in [0.2, 0.25) is 0 Å². The predicted molar refractivity (Wildman–Crippen MR) is 88.7 cm³/mol. The smallest absolute Gasteiger partial charge is 0.422 e. The quantitative estimate of drug-likeness (QED) is 0.832. The number of carbonyl (C=O) groups excluding carboxylic acids is 1. The van der Waals surface area contributed by atoms with Crippen LogP contribution in [0, 0.1) is 6.92 Å². The van der Waals surface area contributed by atoms with Gasteiger partial charge < -0.3 is 4.74 Å². The summed E-state index contributed by atoms with van der Waals surface area (Å²) < 4.78 is 7.05. The molecule has 0 atom stereocenters. The molecule has 2 N–H and O–H groups in total. The molecule has 0 aliphatic heterocycles. The van der Waals surface area contributed by atoms with Crippen molar-refractivity contribution in [1.82, 2.24) is 20.6 Å². The van der Waals surface area contributed by atoms with E-state index in [4.69, 9.17) is 4.74 Å². The molecule has 2 aromatic rings. The van der Waals surface area contributed by atoms with E-state index in [1.54, 1.807) is 0 Å². The Hall–Kier alpha value is -2.34. The summed E-state index contributed by atoms with van der Waals surface area (Å²) in [5.74, 6) is 0. The van der Waals surface area contributed by atoms with E-state index in [0.717, 1.165) is 17.7 Å². The van der Waals surface area contributed by atoms with Gasteiger partial charge in [-0.1, -0.05) is 24.3 Å². The van der Waals surface area contributed by atoms with Crippen LogP contribution in [0.1, 0.15) is 37.5 Å². The number of amides is 1. The molecule has 6 nitrogen and oxygen atoms in total. The SMILES string of the molecule is Cc1cnn(Cc2ccc(CNNC(=O)OC(C)(C)C)cc2)c1. The van der Waals surface area contributed by atoms with E-state index >= 15 is 0 Å².